The van der Waals surface area contributed by atoms with Crippen molar-refractivity contribution in [2.75, 3.05) is 13.1 Å². The van der Waals surface area contributed by atoms with E-state index in [1.165, 1.54) is 5.56 Å². The van der Waals surface area contributed by atoms with Crippen LogP contribution in [0.5, 0.6) is 0 Å². The number of hydrogen-bond donors (Lipinski definition) is 1. The maximum atomic E-state index is 12.3. The molecule has 4 heterocycles. The van der Waals surface area contributed by atoms with Gasteiger partial charge >= 0.3 is 0 Å². The first-order chi connectivity index (χ1) is 11.8. The molecule has 126 valence electrons. The summed E-state index contributed by atoms with van der Waals surface area (Å²) in [4.78, 5) is 14.8. The van der Waals surface area contributed by atoms with Gasteiger partial charge < -0.3 is 14.3 Å². The van der Waals surface area contributed by atoms with Gasteiger partial charge in [0.15, 0.2) is 0 Å². The molecule has 2 atom stereocenters. The van der Waals surface area contributed by atoms with Crippen LogP contribution in [0.2, 0.25) is 0 Å². The molecule has 2 aromatic heterocycles. The van der Waals surface area contributed by atoms with Gasteiger partial charge in [-0.05, 0) is 30.7 Å². The van der Waals surface area contributed by atoms with Crippen LogP contribution >= 0.6 is 0 Å². The van der Waals surface area contributed by atoms with Crippen LogP contribution in [0.1, 0.15) is 34.8 Å². The predicted molar refractivity (Wildman–Crippen MR) is 85.2 cm³/mol. The van der Waals surface area contributed by atoms with Gasteiger partial charge in [-0.3, -0.25) is 9.69 Å². The van der Waals surface area contributed by atoms with Gasteiger partial charge in [-0.1, -0.05) is 0 Å². The van der Waals surface area contributed by atoms with Crippen molar-refractivity contribution in [3.63, 3.8) is 0 Å². The quantitative estimate of drug-likeness (QED) is 0.909. The van der Waals surface area contributed by atoms with E-state index in [0.717, 1.165) is 51.3 Å². The molecule has 1 saturated heterocycles. The average Bonchev–Trinajstić information content (AvgIpc) is 2.99. The lowest BCUT2D eigenvalue weighted by Gasteiger charge is -2.25. The summed E-state index contributed by atoms with van der Waals surface area (Å²) in [5.74, 6) is 2.55. The van der Waals surface area contributed by atoms with Gasteiger partial charge in [0.1, 0.15) is 5.82 Å². The SMILES string of the molecule is O=C(NC1CC1)c1nnc2n1C[C@H]1CN(Cc3ccoc3)C[C@@H]1C2. The molecule has 0 spiro atoms. The highest BCUT2D eigenvalue weighted by Gasteiger charge is 2.39. The number of carbonyl (C=O) groups excluding carboxylic acids is 1. The Morgan fingerprint density at radius 1 is 1.25 bits per heavy atom. The number of hydrogen-bond acceptors (Lipinski definition) is 5. The predicted octanol–water partition coefficient (Wildman–Crippen LogP) is 1.07. The topological polar surface area (TPSA) is 76.2 Å². The molecule has 1 saturated carbocycles. The second-order valence-corrected chi connectivity index (χ2v) is 7.35. The minimum absolute atomic E-state index is 0.0667. The van der Waals surface area contributed by atoms with Crippen LogP contribution in [0.4, 0.5) is 0 Å². The van der Waals surface area contributed by atoms with Crippen molar-refractivity contribution in [1.82, 2.24) is 25.0 Å². The number of furan rings is 1. The first-order valence-corrected chi connectivity index (χ1v) is 8.72. The van der Waals surface area contributed by atoms with E-state index in [1.807, 2.05) is 16.9 Å². The fourth-order valence-corrected chi connectivity index (χ4v) is 4.04. The zero-order chi connectivity index (χ0) is 16.1. The van der Waals surface area contributed by atoms with Crippen LogP contribution in [0.25, 0.3) is 0 Å². The van der Waals surface area contributed by atoms with Crippen molar-refractivity contribution >= 4 is 5.91 Å². The number of amides is 1. The van der Waals surface area contributed by atoms with E-state index in [1.54, 1.807) is 6.26 Å². The van der Waals surface area contributed by atoms with E-state index in [-0.39, 0.29) is 5.91 Å². The van der Waals surface area contributed by atoms with Gasteiger partial charge in [0.25, 0.3) is 5.91 Å². The molecule has 1 aliphatic carbocycles. The fourth-order valence-electron chi connectivity index (χ4n) is 4.04. The summed E-state index contributed by atoms with van der Waals surface area (Å²) in [6.45, 7) is 3.91. The smallest absolute Gasteiger partial charge is 0.289 e. The first-order valence-electron chi connectivity index (χ1n) is 8.72. The van der Waals surface area contributed by atoms with Gasteiger partial charge in [-0.25, -0.2) is 0 Å². The minimum atomic E-state index is -0.0667. The van der Waals surface area contributed by atoms with Crippen molar-refractivity contribution in [2.24, 2.45) is 11.8 Å². The van der Waals surface area contributed by atoms with E-state index >= 15 is 0 Å². The number of rotatable bonds is 4. The standard InChI is InChI=1S/C17H21N5O2/c23-17(18-14-1-2-14)16-20-19-15-5-12-7-21(6-11-3-4-24-10-11)8-13(12)9-22(15)16/h3-4,10,12-14H,1-2,5-9H2,(H,18,23)/t12-,13+/m0/s1. The summed E-state index contributed by atoms with van der Waals surface area (Å²) < 4.78 is 7.21. The second kappa shape index (κ2) is 5.44. The summed E-state index contributed by atoms with van der Waals surface area (Å²) in [5, 5.41) is 11.5. The lowest BCUT2D eigenvalue weighted by molar-refractivity contribution is 0.0932. The lowest BCUT2D eigenvalue weighted by Crippen LogP contribution is -2.33. The van der Waals surface area contributed by atoms with E-state index in [9.17, 15) is 4.79 Å². The highest BCUT2D eigenvalue weighted by atomic mass is 16.3. The van der Waals surface area contributed by atoms with E-state index < -0.39 is 0 Å². The van der Waals surface area contributed by atoms with Crippen LogP contribution < -0.4 is 5.32 Å². The largest absolute Gasteiger partial charge is 0.472 e. The number of fused-ring (bicyclic) bond motifs is 2. The van der Waals surface area contributed by atoms with E-state index in [2.05, 4.69) is 20.4 Å². The fraction of sp³-hybridized carbons (Fsp3) is 0.588. The molecule has 0 unspecified atom stereocenters. The van der Waals surface area contributed by atoms with Crippen LogP contribution in [0, 0.1) is 11.8 Å². The molecule has 1 amide bonds. The molecule has 2 aliphatic heterocycles. The third kappa shape index (κ3) is 2.53. The summed E-state index contributed by atoms with van der Waals surface area (Å²) >= 11 is 0. The Hall–Kier alpha value is -2.15. The van der Waals surface area contributed by atoms with Crippen molar-refractivity contribution in [1.29, 1.82) is 0 Å². The molecule has 2 fully saturated rings. The monoisotopic (exact) mass is 327 g/mol. The molecule has 0 radical (unpaired) electrons. The van der Waals surface area contributed by atoms with Crippen LogP contribution in [0.3, 0.4) is 0 Å². The molecule has 3 aliphatic rings. The van der Waals surface area contributed by atoms with E-state index in [0.29, 0.717) is 23.7 Å². The molecular formula is C17H21N5O2. The Balaban J connectivity index is 1.30. The zero-order valence-corrected chi connectivity index (χ0v) is 13.5. The Kier molecular flexibility index (Phi) is 3.22. The second-order valence-electron chi connectivity index (χ2n) is 7.35. The Morgan fingerprint density at radius 2 is 2.12 bits per heavy atom. The molecule has 1 N–H and O–H groups in total. The Morgan fingerprint density at radius 3 is 2.92 bits per heavy atom. The Labute approximate surface area is 140 Å². The number of aromatic nitrogens is 3. The summed E-state index contributed by atoms with van der Waals surface area (Å²) in [6, 6.07) is 2.37. The van der Waals surface area contributed by atoms with Gasteiger partial charge in [0.2, 0.25) is 5.82 Å². The zero-order valence-electron chi connectivity index (χ0n) is 13.5. The number of nitrogens with zero attached hydrogens (tertiary/aromatic N) is 4. The normalized spacial score (nSPS) is 26.2. The third-order valence-corrected chi connectivity index (χ3v) is 5.44. The van der Waals surface area contributed by atoms with Gasteiger partial charge in [0.05, 0.1) is 12.5 Å². The molecule has 7 nitrogen and oxygen atoms in total. The summed E-state index contributed by atoms with van der Waals surface area (Å²) in [7, 11) is 0. The van der Waals surface area contributed by atoms with Crippen LogP contribution in [-0.4, -0.2) is 44.7 Å². The van der Waals surface area contributed by atoms with Crippen molar-refractivity contribution in [2.45, 2.75) is 38.4 Å². The molecule has 7 heteroatoms. The molecule has 0 bridgehead atoms. The lowest BCUT2D eigenvalue weighted by atomic mass is 9.89. The highest BCUT2D eigenvalue weighted by Crippen LogP contribution is 2.33. The van der Waals surface area contributed by atoms with Gasteiger partial charge in [-0.15, -0.1) is 10.2 Å². The van der Waals surface area contributed by atoms with Gasteiger partial charge in [0, 0.05) is 44.2 Å². The summed E-state index contributed by atoms with van der Waals surface area (Å²) in [6.07, 6.45) is 6.62. The number of carbonyl (C=O) groups is 1. The van der Waals surface area contributed by atoms with Crippen molar-refractivity contribution < 1.29 is 9.21 Å². The minimum Gasteiger partial charge on any atom is -0.472 e. The molecular weight excluding hydrogens is 306 g/mol. The molecule has 2 aromatic rings. The van der Waals surface area contributed by atoms with Crippen molar-refractivity contribution in [3.8, 4) is 0 Å². The molecule has 5 rings (SSSR count). The van der Waals surface area contributed by atoms with E-state index in [4.69, 9.17) is 4.42 Å². The number of likely N-dealkylation sites (tertiary alicyclic amines) is 1. The molecule has 0 aromatic carbocycles. The maximum Gasteiger partial charge on any atom is 0.289 e. The molecule has 24 heavy (non-hydrogen) atoms. The van der Waals surface area contributed by atoms with Gasteiger partial charge in [-0.2, -0.15) is 0 Å². The Bertz CT molecular complexity index is 749. The summed E-state index contributed by atoms with van der Waals surface area (Å²) in [5.41, 5.74) is 1.22. The van der Waals surface area contributed by atoms with Crippen LogP contribution in [-0.2, 0) is 19.5 Å². The highest BCUT2D eigenvalue weighted by molar-refractivity contribution is 5.91. The van der Waals surface area contributed by atoms with Crippen LogP contribution in [0.15, 0.2) is 23.0 Å². The van der Waals surface area contributed by atoms with Crippen molar-refractivity contribution in [3.05, 3.63) is 35.8 Å². The maximum absolute atomic E-state index is 12.3. The first kappa shape index (κ1) is 14.2. The number of nitrogens with one attached hydrogen (secondary N) is 1. The third-order valence-electron chi connectivity index (χ3n) is 5.44. The average molecular weight is 327 g/mol.